The lowest BCUT2D eigenvalue weighted by atomic mass is 10.1. The van der Waals surface area contributed by atoms with Gasteiger partial charge in [0.05, 0.1) is 17.1 Å². The van der Waals surface area contributed by atoms with Gasteiger partial charge >= 0.3 is 0 Å². The van der Waals surface area contributed by atoms with Gasteiger partial charge in [-0.05, 0) is 31.1 Å². The van der Waals surface area contributed by atoms with Crippen LogP contribution in [0.4, 0.5) is 5.82 Å². The Labute approximate surface area is 191 Å². The maximum atomic E-state index is 13.2. The molecule has 0 aromatic carbocycles. The molecule has 2 aromatic heterocycles. The highest BCUT2D eigenvalue weighted by Crippen LogP contribution is 2.33. The van der Waals surface area contributed by atoms with Gasteiger partial charge in [0, 0.05) is 19.3 Å². The molecule has 7 nitrogen and oxygen atoms in total. The number of carbonyl (C=O) groups is 1. The summed E-state index contributed by atoms with van der Waals surface area (Å²) in [5.41, 5.74) is 1.39. The summed E-state index contributed by atoms with van der Waals surface area (Å²) in [6, 6.07) is 3.66. The molecule has 1 saturated heterocycles. The summed E-state index contributed by atoms with van der Waals surface area (Å²) in [7, 11) is 0. The van der Waals surface area contributed by atoms with Crippen molar-refractivity contribution in [2.24, 2.45) is 0 Å². The SMILES string of the molecule is CCCCCCCN1C(=O)/C(=C/c2c(NCCO)nc3c(C)cccn3c2=O)SC1=S. The Balaban J connectivity index is 1.92. The molecule has 0 atom stereocenters. The number of unbranched alkanes of at least 4 members (excludes halogenated alkanes) is 4. The lowest BCUT2D eigenvalue weighted by Gasteiger charge is -2.14. The van der Waals surface area contributed by atoms with E-state index in [0.29, 0.717) is 27.2 Å². The lowest BCUT2D eigenvalue weighted by molar-refractivity contribution is -0.122. The Morgan fingerprint density at radius 3 is 2.77 bits per heavy atom. The Hall–Kier alpha value is -2.23. The molecule has 0 spiro atoms. The van der Waals surface area contributed by atoms with Gasteiger partial charge in [-0.1, -0.05) is 62.7 Å². The number of aliphatic hydroxyl groups is 1. The first-order chi connectivity index (χ1) is 15.0. The Morgan fingerprint density at radius 2 is 2.03 bits per heavy atom. The summed E-state index contributed by atoms with van der Waals surface area (Å²) < 4.78 is 1.99. The fraction of sp³-hybridized carbons (Fsp3) is 0.455. The average Bonchev–Trinajstić information content (AvgIpc) is 3.02. The molecule has 0 aliphatic carbocycles. The van der Waals surface area contributed by atoms with Crippen LogP contribution < -0.4 is 10.9 Å². The molecular weight excluding hydrogens is 432 g/mol. The van der Waals surface area contributed by atoms with Crippen molar-refractivity contribution < 1.29 is 9.90 Å². The second-order valence-corrected chi connectivity index (χ2v) is 9.14. The van der Waals surface area contributed by atoms with Crippen molar-refractivity contribution in [3.63, 3.8) is 0 Å². The van der Waals surface area contributed by atoms with Crippen LogP contribution in [0.2, 0.25) is 0 Å². The number of carbonyl (C=O) groups excluding carboxylic acids is 1. The summed E-state index contributed by atoms with van der Waals surface area (Å²) in [5, 5.41) is 12.2. The number of pyridine rings is 1. The smallest absolute Gasteiger partial charge is 0.267 e. The molecule has 0 bridgehead atoms. The number of aryl methyl sites for hydroxylation is 1. The third-order valence-corrected chi connectivity index (χ3v) is 6.50. The van der Waals surface area contributed by atoms with E-state index in [1.807, 2.05) is 13.0 Å². The quantitative estimate of drug-likeness (QED) is 0.318. The number of thioether (sulfide) groups is 1. The number of aliphatic hydroxyl groups excluding tert-OH is 1. The number of amides is 1. The van der Waals surface area contributed by atoms with Crippen LogP contribution in [0.25, 0.3) is 11.7 Å². The number of rotatable bonds is 10. The van der Waals surface area contributed by atoms with Gasteiger partial charge in [-0.25, -0.2) is 4.98 Å². The predicted molar refractivity (Wildman–Crippen MR) is 130 cm³/mol. The molecule has 3 rings (SSSR count). The highest BCUT2D eigenvalue weighted by Gasteiger charge is 2.32. The minimum absolute atomic E-state index is 0.103. The molecule has 2 aromatic rings. The van der Waals surface area contributed by atoms with E-state index >= 15 is 0 Å². The van der Waals surface area contributed by atoms with Crippen molar-refractivity contribution in [3.05, 3.63) is 44.7 Å². The first kappa shape index (κ1) is 23.4. The summed E-state index contributed by atoms with van der Waals surface area (Å²) in [6.45, 7) is 4.78. The van der Waals surface area contributed by atoms with E-state index in [1.165, 1.54) is 29.0 Å². The van der Waals surface area contributed by atoms with Gasteiger partial charge in [-0.15, -0.1) is 0 Å². The number of hydrogen-bond acceptors (Lipinski definition) is 7. The molecule has 1 aliphatic rings. The van der Waals surface area contributed by atoms with Crippen LogP contribution in [0.15, 0.2) is 28.0 Å². The molecule has 3 heterocycles. The number of hydrogen-bond donors (Lipinski definition) is 2. The highest BCUT2D eigenvalue weighted by molar-refractivity contribution is 8.26. The Kier molecular flexibility index (Phi) is 8.22. The zero-order valence-corrected chi connectivity index (χ0v) is 19.5. The highest BCUT2D eigenvalue weighted by atomic mass is 32.2. The van der Waals surface area contributed by atoms with Crippen molar-refractivity contribution in [1.29, 1.82) is 0 Å². The fourth-order valence-corrected chi connectivity index (χ4v) is 4.74. The van der Waals surface area contributed by atoms with E-state index in [1.54, 1.807) is 23.2 Å². The fourth-order valence-electron chi connectivity index (χ4n) is 3.45. The van der Waals surface area contributed by atoms with E-state index in [-0.39, 0.29) is 30.2 Å². The van der Waals surface area contributed by atoms with Gasteiger partial charge in [-0.2, -0.15) is 0 Å². The van der Waals surface area contributed by atoms with Gasteiger partial charge in [0.2, 0.25) is 0 Å². The van der Waals surface area contributed by atoms with Crippen LogP contribution in [-0.2, 0) is 4.79 Å². The molecule has 0 radical (unpaired) electrons. The second-order valence-electron chi connectivity index (χ2n) is 7.46. The van der Waals surface area contributed by atoms with Gasteiger partial charge in [0.15, 0.2) is 0 Å². The molecule has 1 aliphatic heterocycles. The molecule has 0 unspecified atom stereocenters. The van der Waals surface area contributed by atoms with Gasteiger partial charge < -0.3 is 10.4 Å². The van der Waals surface area contributed by atoms with Crippen molar-refractivity contribution in [2.75, 3.05) is 25.0 Å². The third kappa shape index (κ3) is 5.34. The van der Waals surface area contributed by atoms with E-state index in [4.69, 9.17) is 12.2 Å². The van der Waals surface area contributed by atoms with Crippen LogP contribution in [-0.4, -0.2) is 49.3 Å². The van der Waals surface area contributed by atoms with E-state index < -0.39 is 0 Å². The van der Waals surface area contributed by atoms with Crippen LogP contribution in [0.5, 0.6) is 0 Å². The van der Waals surface area contributed by atoms with Gasteiger partial charge in [0.25, 0.3) is 11.5 Å². The van der Waals surface area contributed by atoms with E-state index in [2.05, 4.69) is 17.2 Å². The monoisotopic (exact) mass is 460 g/mol. The first-order valence-corrected chi connectivity index (χ1v) is 11.8. The summed E-state index contributed by atoms with van der Waals surface area (Å²) in [6.07, 6.45) is 8.72. The molecule has 166 valence electrons. The maximum absolute atomic E-state index is 13.2. The van der Waals surface area contributed by atoms with Crippen molar-refractivity contribution in [2.45, 2.75) is 46.0 Å². The zero-order valence-electron chi connectivity index (χ0n) is 17.9. The van der Waals surface area contributed by atoms with Gasteiger partial charge in [-0.3, -0.25) is 18.9 Å². The van der Waals surface area contributed by atoms with E-state index in [0.717, 1.165) is 24.8 Å². The van der Waals surface area contributed by atoms with Crippen molar-refractivity contribution >= 4 is 51.7 Å². The predicted octanol–water partition coefficient (Wildman–Crippen LogP) is 3.58. The minimum atomic E-state index is -0.279. The topological polar surface area (TPSA) is 86.9 Å². The average molecular weight is 461 g/mol. The van der Waals surface area contributed by atoms with Crippen molar-refractivity contribution in [3.8, 4) is 0 Å². The van der Waals surface area contributed by atoms with Crippen LogP contribution in [0.3, 0.4) is 0 Å². The van der Waals surface area contributed by atoms with Crippen LogP contribution >= 0.6 is 24.0 Å². The number of thiocarbonyl (C=S) groups is 1. The second kappa shape index (κ2) is 10.9. The molecule has 0 saturated carbocycles. The Bertz CT molecular complexity index is 1060. The molecule has 31 heavy (non-hydrogen) atoms. The minimum Gasteiger partial charge on any atom is -0.395 e. The van der Waals surface area contributed by atoms with Crippen LogP contribution in [0.1, 0.15) is 50.2 Å². The maximum Gasteiger partial charge on any atom is 0.267 e. The van der Waals surface area contributed by atoms with Crippen molar-refractivity contribution in [1.82, 2.24) is 14.3 Å². The normalized spacial score (nSPS) is 15.5. The number of nitrogens with one attached hydrogen (secondary N) is 1. The molecule has 2 N–H and O–H groups in total. The van der Waals surface area contributed by atoms with E-state index in [9.17, 15) is 14.7 Å². The first-order valence-electron chi connectivity index (χ1n) is 10.6. The standard InChI is InChI=1S/C22H28N4O3S2/c1-3-4-5-6-7-11-26-21(29)17(31-22(26)30)14-16-18(23-10-13-27)24-19-15(2)9-8-12-25(19)20(16)28/h8-9,12,14,23,27H,3-7,10-11,13H2,1-2H3/b17-14-. The lowest BCUT2D eigenvalue weighted by Crippen LogP contribution is -2.29. The number of fused-ring (bicyclic) bond motifs is 1. The van der Waals surface area contributed by atoms with Gasteiger partial charge in [0.1, 0.15) is 15.8 Å². The largest absolute Gasteiger partial charge is 0.395 e. The molecule has 1 amide bonds. The summed E-state index contributed by atoms with van der Waals surface area (Å²) in [4.78, 5) is 32.8. The zero-order chi connectivity index (χ0) is 22.4. The third-order valence-electron chi connectivity index (χ3n) is 5.12. The number of anilines is 1. The molecular formula is C22H28N4O3S2. The number of aromatic nitrogens is 2. The summed E-state index contributed by atoms with van der Waals surface area (Å²) >= 11 is 6.63. The number of nitrogens with zero attached hydrogens (tertiary/aromatic N) is 3. The Morgan fingerprint density at radius 1 is 1.26 bits per heavy atom. The molecule has 1 fully saturated rings. The molecule has 9 heteroatoms. The summed E-state index contributed by atoms with van der Waals surface area (Å²) in [5.74, 6) is 0.172. The van der Waals surface area contributed by atoms with Crippen LogP contribution in [0, 0.1) is 6.92 Å².